The van der Waals surface area contributed by atoms with Crippen LogP contribution in [0.3, 0.4) is 0 Å². The fourth-order valence-electron chi connectivity index (χ4n) is 1.38. The Morgan fingerprint density at radius 1 is 1.53 bits per heavy atom. The van der Waals surface area contributed by atoms with E-state index in [1.807, 2.05) is 0 Å². The van der Waals surface area contributed by atoms with Crippen LogP contribution in [0.15, 0.2) is 12.1 Å². The molecule has 0 spiro atoms. The maximum absolute atomic E-state index is 10.8. The molecule has 0 saturated heterocycles. The number of aromatic hydroxyl groups is 1. The largest absolute Gasteiger partial charge is 0.507 e. The summed E-state index contributed by atoms with van der Waals surface area (Å²) in [6, 6.07) is 2.48. The molecular weight excluding hydrogens is 196 g/mol. The predicted molar refractivity (Wildman–Crippen MR) is 55.8 cm³/mol. The Morgan fingerprint density at radius 2 is 2.13 bits per heavy atom. The quantitative estimate of drug-likeness (QED) is 0.575. The second-order valence-electron chi connectivity index (χ2n) is 3.40. The van der Waals surface area contributed by atoms with Gasteiger partial charge in [-0.1, -0.05) is 6.07 Å². The zero-order valence-electron chi connectivity index (χ0n) is 8.40. The Hall–Kier alpha value is -1.59. The van der Waals surface area contributed by atoms with Gasteiger partial charge in [-0.15, -0.1) is 0 Å². The molecule has 0 aliphatic heterocycles. The molecule has 5 heteroatoms. The molecule has 0 fully saturated rings. The molecule has 0 bridgehead atoms. The molecule has 1 aromatic rings. The highest BCUT2D eigenvalue weighted by atomic mass is 16.4. The second kappa shape index (κ2) is 4.29. The number of hydrogen-bond donors (Lipinski definition) is 4. The van der Waals surface area contributed by atoms with E-state index in [0.717, 1.165) is 5.56 Å². The van der Waals surface area contributed by atoms with Gasteiger partial charge in [0.25, 0.3) is 0 Å². The molecule has 5 nitrogen and oxygen atoms in total. The van der Waals surface area contributed by atoms with Gasteiger partial charge in [0.15, 0.2) is 0 Å². The van der Waals surface area contributed by atoms with Crippen LogP contribution in [0.4, 0.5) is 0 Å². The van der Waals surface area contributed by atoms with Gasteiger partial charge in [0.05, 0.1) is 0 Å². The molecule has 0 radical (unpaired) electrons. The van der Waals surface area contributed by atoms with Gasteiger partial charge in [-0.25, -0.2) is 4.79 Å². The lowest BCUT2D eigenvalue weighted by atomic mass is 9.99. The molecule has 0 aliphatic rings. The SMILES string of the molecule is Cc1cc(C(=O)O)c(O)c([C@H](N)CN)c1. The van der Waals surface area contributed by atoms with E-state index in [9.17, 15) is 9.90 Å². The van der Waals surface area contributed by atoms with Crippen LogP contribution in [0.25, 0.3) is 0 Å². The number of phenols is 1. The molecule has 15 heavy (non-hydrogen) atoms. The normalized spacial score (nSPS) is 12.5. The maximum atomic E-state index is 10.8. The number of carboxylic acids is 1. The van der Waals surface area contributed by atoms with Crippen LogP contribution < -0.4 is 11.5 Å². The van der Waals surface area contributed by atoms with Gasteiger partial charge in [-0.3, -0.25) is 0 Å². The van der Waals surface area contributed by atoms with Gasteiger partial charge in [-0.2, -0.15) is 0 Å². The fraction of sp³-hybridized carbons (Fsp3) is 0.300. The minimum Gasteiger partial charge on any atom is -0.507 e. The van der Waals surface area contributed by atoms with Crippen LogP contribution in [0.1, 0.15) is 27.5 Å². The summed E-state index contributed by atoms with van der Waals surface area (Å²) in [6.45, 7) is 1.88. The minimum absolute atomic E-state index is 0.145. The third-order valence-corrected chi connectivity index (χ3v) is 2.17. The van der Waals surface area contributed by atoms with Crippen molar-refractivity contribution in [1.82, 2.24) is 0 Å². The molecule has 0 amide bonds. The lowest BCUT2D eigenvalue weighted by Gasteiger charge is -2.13. The number of carboxylic acid groups (broad SMARTS) is 1. The summed E-state index contributed by atoms with van der Waals surface area (Å²) in [5.41, 5.74) is 12.0. The van der Waals surface area contributed by atoms with Crippen molar-refractivity contribution in [1.29, 1.82) is 0 Å². The minimum atomic E-state index is -1.18. The van der Waals surface area contributed by atoms with Gasteiger partial charge in [0.1, 0.15) is 11.3 Å². The standard InChI is InChI=1S/C10H14N2O3/c1-5-2-6(8(12)4-11)9(13)7(3-5)10(14)15/h2-3,8,13H,4,11-12H2,1H3,(H,14,15)/t8-/m1/s1. The lowest BCUT2D eigenvalue weighted by molar-refractivity contribution is 0.0693. The molecule has 1 rings (SSSR count). The average molecular weight is 210 g/mol. The predicted octanol–water partition coefficient (Wildman–Crippen LogP) is 0.357. The van der Waals surface area contributed by atoms with E-state index >= 15 is 0 Å². The highest BCUT2D eigenvalue weighted by Crippen LogP contribution is 2.28. The Morgan fingerprint density at radius 3 is 2.60 bits per heavy atom. The molecule has 0 aromatic heterocycles. The summed E-state index contributed by atoms with van der Waals surface area (Å²) in [6.07, 6.45) is 0. The molecule has 1 atom stereocenters. The number of hydrogen-bond acceptors (Lipinski definition) is 4. The van der Waals surface area contributed by atoms with Crippen LogP contribution in [0, 0.1) is 6.92 Å². The zero-order valence-corrected chi connectivity index (χ0v) is 8.40. The van der Waals surface area contributed by atoms with Gasteiger partial charge in [-0.05, 0) is 18.6 Å². The van der Waals surface area contributed by atoms with Gasteiger partial charge < -0.3 is 21.7 Å². The number of benzene rings is 1. The first-order valence-corrected chi connectivity index (χ1v) is 4.49. The van der Waals surface area contributed by atoms with Crippen molar-refractivity contribution in [3.8, 4) is 5.75 Å². The molecule has 0 saturated carbocycles. The molecule has 1 aromatic carbocycles. The monoisotopic (exact) mass is 210 g/mol. The molecule has 82 valence electrons. The third-order valence-electron chi connectivity index (χ3n) is 2.17. The number of nitrogens with two attached hydrogens (primary N) is 2. The highest BCUT2D eigenvalue weighted by molar-refractivity contribution is 5.91. The van der Waals surface area contributed by atoms with Crippen molar-refractivity contribution in [2.45, 2.75) is 13.0 Å². The van der Waals surface area contributed by atoms with E-state index in [4.69, 9.17) is 16.6 Å². The van der Waals surface area contributed by atoms with Crippen molar-refractivity contribution < 1.29 is 15.0 Å². The molecule has 0 heterocycles. The van der Waals surface area contributed by atoms with Crippen LogP contribution >= 0.6 is 0 Å². The Kier molecular flexibility index (Phi) is 3.28. The molecule has 6 N–H and O–H groups in total. The van der Waals surface area contributed by atoms with Crippen LogP contribution in [0.5, 0.6) is 5.75 Å². The first-order chi connectivity index (χ1) is 6.97. The highest BCUT2D eigenvalue weighted by Gasteiger charge is 2.17. The summed E-state index contributed by atoms with van der Waals surface area (Å²) in [5.74, 6) is -1.48. The Balaban J connectivity index is 3.34. The van der Waals surface area contributed by atoms with Crippen molar-refractivity contribution in [2.75, 3.05) is 6.54 Å². The van der Waals surface area contributed by atoms with Crippen LogP contribution in [0.2, 0.25) is 0 Å². The topological polar surface area (TPSA) is 110 Å². The number of rotatable bonds is 3. The molecule has 0 aliphatic carbocycles. The zero-order chi connectivity index (χ0) is 11.6. The van der Waals surface area contributed by atoms with E-state index < -0.39 is 12.0 Å². The van der Waals surface area contributed by atoms with Crippen molar-refractivity contribution in [3.05, 3.63) is 28.8 Å². The van der Waals surface area contributed by atoms with E-state index in [0.29, 0.717) is 5.56 Å². The van der Waals surface area contributed by atoms with Gasteiger partial charge >= 0.3 is 5.97 Å². The van der Waals surface area contributed by atoms with Crippen molar-refractivity contribution in [2.24, 2.45) is 11.5 Å². The van der Waals surface area contributed by atoms with Crippen molar-refractivity contribution in [3.63, 3.8) is 0 Å². The van der Waals surface area contributed by atoms with Gasteiger partial charge in [0, 0.05) is 18.2 Å². The fourth-order valence-corrected chi connectivity index (χ4v) is 1.38. The maximum Gasteiger partial charge on any atom is 0.339 e. The van der Waals surface area contributed by atoms with E-state index in [2.05, 4.69) is 0 Å². The van der Waals surface area contributed by atoms with E-state index in [1.54, 1.807) is 13.0 Å². The summed E-state index contributed by atoms with van der Waals surface area (Å²) in [5, 5.41) is 18.5. The van der Waals surface area contributed by atoms with Crippen molar-refractivity contribution >= 4 is 5.97 Å². The molecule has 0 unspecified atom stereocenters. The Labute approximate surface area is 87.3 Å². The third kappa shape index (κ3) is 2.26. The summed E-state index contributed by atoms with van der Waals surface area (Å²) >= 11 is 0. The second-order valence-corrected chi connectivity index (χ2v) is 3.40. The number of aryl methyl sites for hydroxylation is 1. The van der Waals surface area contributed by atoms with Crippen LogP contribution in [-0.2, 0) is 0 Å². The summed E-state index contributed by atoms with van der Waals surface area (Å²) in [4.78, 5) is 10.8. The van der Waals surface area contributed by atoms with E-state index in [1.165, 1.54) is 6.07 Å². The smallest absolute Gasteiger partial charge is 0.339 e. The van der Waals surface area contributed by atoms with E-state index in [-0.39, 0.29) is 17.9 Å². The number of aromatic carboxylic acids is 1. The average Bonchev–Trinajstić information content (AvgIpc) is 2.19. The van der Waals surface area contributed by atoms with Crippen LogP contribution in [-0.4, -0.2) is 22.7 Å². The first kappa shape index (κ1) is 11.5. The lowest BCUT2D eigenvalue weighted by Crippen LogP contribution is -2.21. The van der Waals surface area contributed by atoms with Gasteiger partial charge in [0.2, 0.25) is 0 Å². The first-order valence-electron chi connectivity index (χ1n) is 4.49. The summed E-state index contributed by atoms with van der Waals surface area (Å²) < 4.78 is 0. The summed E-state index contributed by atoms with van der Waals surface area (Å²) in [7, 11) is 0. The molecular formula is C10H14N2O3. The number of carbonyl (C=O) groups is 1. The Bertz CT molecular complexity index is 390.